The number of benzene rings is 1. The number of nitrogens with one attached hydrogen (secondary N) is 2. The highest BCUT2D eigenvalue weighted by Gasteiger charge is 2.20. The molecule has 0 bridgehead atoms. The Balaban J connectivity index is 1.92. The van der Waals surface area contributed by atoms with E-state index in [-0.39, 0.29) is 6.42 Å². The molecule has 3 amide bonds. The Morgan fingerprint density at radius 2 is 1.92 bits per heavy atom. The first-order chi connectivity index (χ1) is 12.4. The van der Waals surface area contributed by atoms with Gasteiger partial charge in [-0.05, 0) is 18.9 Å². The van der Waals surface area contributed by atoms with Crippen molar-refractivity contribution in [2.24, 2.45) is 0 Å². The van der Waals surface area contributed by atoms with Crippen LogP contribution in [0.5, 0.6) is 0 Å². The number of amides is 3. The lowest BCUT2D eigenvalue weighted by Crippen LogP contribution is -2.43. The number of hydrogen-bond acceptors (Lipinski definition) is 6. The van der Waals surface area contributed by atoms with Gasteiger partial charge in [0, 0.05) is 18.0 Å². The number of ether oxygens (including phenoxy) is 1. The first kappa shape index (κ1) is 19.6. The largest absolute Gasteiger partial charge is 0.452 e. The van der Waals surface area contributed by atoms with Crippen LogP contribution in [-0.2, 0) is 27.2 Å². The smallest absolute Gasteiger partial charge is 0.321 e. The average Bonchev–Trinajstić information content (AvgIpc) is 3.09. The van der Waals surface area contributed by atoms with Crippen LogP contribution in [0.2, 0.25) is 0 Å². The Labute approximate surface area is 155 Å². The van der Waals surface area contributed by atoms with Gasteiger partial charge in [0.1, 0.15) is 5.01 Å². The molecular formula is C18H21N3O4S. The summed E-state index contributed by atoms with van der Waals surface area (Å²) in [6, 6.07) is 7.46. The normalized spacial score (nSPS) is 11.5. The van der Waals surface area contributed by atoms with Gasteiger partial charge in [-0.3, -0.25) is 14.9 Å². The van der Waals surface area contributed by atoms with Crippen molar-refractivity contribution < 1.29 is 19.1 Å². The summed E-state index contributed by atoms with van der Waals surface area (Å²) in [7, 11) is 1.38. The zero-order valence-corrected chi connectivity index (χ0v) is 15.7. The zero-order chi connectivity index (χ0) is 19.1. The van der Waals surface area contributed by atoms with Gasteiger partial charge in [-0.1, -0.05) is 31.2 Å². The number of nitrogens with zero attached hydrogens (tertiary/aromatic N) is 1. The van der Waals surface area contributed by atoms with Gasteiger partial charge in [0.15, 0.2) is 6.10 Å². The number of thiazole rings is 1. The molecule has 2 aromatic rings. The van der Waals surface area contributed by atoms with E-state index in [4.69, 9.17) is 4.74 Å². The summed E-state index contributed by atoms with van der Waals surface area (Å²) < 4.78 is 5.04. The summed E-state index contributed by atoms with van der Waals surface area (Å²) in [5.41, 5.74) is 2.82. The summed E-state index contributed by atoms with van der Waals surface area (Å²) in [5.74, 6) is -1.27. The van der Waals surface area contributed by atoms with Crippen LogP contribution < -0.4 is 10.6 Å². The molecule has 2 rings (SSSR count). The van der Waals surface area contributed by atoms with Crippen LogP contribution in [0, 0.1) is 0 Å². The molecule has 0 radical (unpaired) electrons. The minimum absolute atomic E-state index is 0.0405. The molecule has 1 heterocycles. The third kappa shape index (κ3) is 5.38. The van der Waals surface area contributed by atoms with E-state index >= 15 is 0 Å². The van der Waals surface area contributed by atoms with Crippen molar-refractivity contribution in [1.82, 2.24) is 15.6 Å². The highest BCUT2D eigenvalue weighted by atomic mass is 32.1. The summed E-state index contributed by atoms with van der Waals surface area (Å²) in [6.07, 6.45) is -0.137. The van der Waals surface area contributed by atoms with Crippen LogP contribution in [0.25, 0.3) is 10.6 Å². The fourth-order valence-electron chi connectivity index (χ4n) is 2.12. The molecular weight excluding hydrogens is 354 g/mol. The molecule has 0 aliphatic heterocycles. The summed E-state index contributed by atoms with van der Waals surface area (Å²) >= 11 is 1.44. The molecule has 8 heteroatoms. The number of aromatic nitrogens is 1. The van der Waals surface area contributed by atoms with Crippen LogP contribution in [0.1, 0.15) is 25.1 Å². The number of imide groups is 1. The Kier molecular flexibility index (Phi) is 6.85. The predicted octanol–water partition coefficient (Wildman–Crippen LogP) is 2.30. The van der Waals surface area contributed by atoms with Crippen molar-refractivity contribution in [3.8, 4) is 10.6 Å². The van der Waals surface area contributed by atoms with Crippen molar-refractivity contribution in [3.63, 3.8) is 0 Å². The lowest BCUT2D eigenvalue weighted by Gasteiger charge is -2.12. The number of esters is 1. The highest BCUT2D eigenvalue weighted by molar-refractivity contribution is 7.13. The maximum Gasteiger partial charge on any atom is 0.321 e. The molecule has 1 aromatic carbocycles. The van der Waals surface area contributed by atoms with Gasteiger partial charge in [0.2, 0.25) is 0 Å². The number of carbonyl (C=O) groups is 3. The molecule has 0 saturated heterocycles. The summed E-state index contributed by atoms with van der Waals surface area (Å²) in [4.78, 5) is 39.2. The lowest BCUT2D eigenvalue weighted by atomic mass is 10.1. The fraction of sp³-hybridized carbons (Fsp3) is 0.333. The van der Waals surface area contributed by atoms with Crippen LogP contribution in [0.3, 0.4) is 0 Å². The van der Waals surface area contributed by atoms with Gasteiger partial charge >= 0.3 is 12.0 Å². The monoisotopic (exact) mass is 375 g/mol. The maximum atomic E-state index is 12.0. The first-order valence-corrected chi connectivity index (χ1v) is 9.06. The maximum absolute atomic E-state index is 12.0. The molecule has 1 aromatic heterocycles. The third-order valence-electron chi connectivity index (χ3n) is 3.63. The molecule has 7 nitrogen and oxygen atoms in total. The SMILES string of the molecule is CCc1ccc(-c2nc(CC(=O)O[C@H](C)C(=O)NC(=O)NC)cs2)cc1. The Hall–Kier alpha value is -2.74. The molecule has 0 saturated carbocycles. The minimum Gasteiger partial charge on any atom is -0.452 e. The van der Waals surface area contributed by atoms with Crippen LogP contribution in [0.15, 0.2) is 29.6 Å². The van der Waals surface area contributed by atoms with Crippen LogP contribution >= 0.6 is 11.3 Å². The fourth-order valence-corrected chi connectivity index (χ4v) is 2.95. The third-order valence-corrected chi connectivity index (χ3v) is 4.57. The molecule has 0 spiro atoms. The predicted molar refractivity (Wildman–Crippen MR) is 98.8 cm³/mol. The average molecular weight is 375 g/mol. The molecule has 0 fully saturated rings. The second-order valence-electron chi connectivity index (χ2n) is 5.57. The summed E-state index contributed by atoms with van der Waals surface area (Å²) in [6.45, 7) is 3.50. The Morgan fingerprint density at radius 3 is 2.54 bits per heavy atom. The van der Waals surface area contributed by atoms with Crippen molar-refractivity contribution >= 4 is 29.2 Å². The second kappa shape index (κ2) is 9.10. The standard InChI is InChI=1S/C18H21N3O4S/c1-4-12-5-7-13(8-6-12)17-20-14(10-26-17)9-15(22)25-11(2)16(23)21-18(24)19-3/h5-8,10-11H,4,9H2,1-3H3,(H2,19,21,23,24)/t11-/m1/s1. The number of urea groups is 1. The van der Waals surface area contributed by atoms with Crippen molar-refractivity contribution in [1.29, 1.82) is 0 Å². The van der Waals surface area contributed by atoms with E-state index < -0.39 is 24.0 Å². The molecule has 0 aliphatic rings. The minimum atomic E-state index is -1.07. The van der Waals surface area contributed by atoms with E-state index in [1.54, 1.807) is 5.38 Å². The Bertz CT molecular complexity index is 786. The molecule has 0 unspecified atom stereocenters. The molecule has 0 aliphatic carbocycles. The second-order valence-corrected chi connectivity index (χ2v) is 6.43. The Morgan fingerprint density at radius 1 is 1.23 bits per heavy atom. The lowest BCUT2D eigenvalue weighted by molar-refractivity contribution is -0.153. The van der Waals surface area contributed by atoms with E-state index in [2.05, 4.69) is 34.7 Å². The van der Waals surface area contributed by atoms with Gasteiger partial charge in [-0.2, -0.15) is 0 Å². The zero-order valence-electron chi connectivity index (χ0n) is 14.9. The number of hydrogen-bond donors (Lipinski definition) is 2. The van der Waals surface area contributed by atoms with Crippen LogP contribution in [0.4, 0.5) is 4.79 Å². The van der Waals surface area contributed by atoms with Gasteiger partial charge < -0.3 is 10.1 Å². The van der Waals surface area contributed by atoms with Crippen LogP contribution in [-0.4, -0.2) is 36.0 Å². The number of rotatable bonds is 6. The number of aryl methyl sites for hydroxylation is 1. The van der Waals surface area contributed by atoms with E-state index in [9.17, 15) is 14.4 Å². The topological polar surface area (TPSA) is 97.4 Å². The van der Waals surface area contributed by atoms with Gasteiger partial charge in [0.05, 0.1) is 12.1 Å². The van der Waals surface area contributed by atoms with E-state index in [0.29, 0.717) is 5.69 Å². The van der Waals surface area contributed by atoms with Crippen molar-refractivity contribution in [2.45, 2.75) is 32.8 Å². The number of carbonyl (C=O) groups excluding carboxylic acids is 3. The van der Waals surface area contributed by atoms with Crippen molar-refractivity contribution in [3.05, 3.63) is 40.9 Å². The first-order valence-electron chi connectivity index (χ1n) is 8.18. The van der Waals surface area contributed by atoms with E-state index in [1.165, 1.54) is 30.9 Å². The summed E-state index contributed by atoms with van der Waals surface area (Å²) in [5, 5.41) is 6.91. The highest BCUT2D eigenvalue weighted by Crippen LogP contribution is 2.24. The van der Waals surface area contributed by atoms with E-state index in [1.807, 2.05) is 12.1 Å². The molecule has 138 valence electrons. The molecule has 26 heavy (non-hydrogen) atoms. The van der Waals surface area contributed by atoms with E-state index in [0.717, 1.165) is 17.0 Å². The van der Waals surface area contributed by atoms with Gasteiger partial charge in [-0.15, -0.1) is 11.3 Å². The quantitative estimate of drug-likeness (QED) is 0.755. The van der Waals surface area contributed by atoms with Crippen molar-refractivity contribution in [2.75, 3.05) is 7.05 Å². The van der Waals surface area contributed by atoms with Gasteiger partial charge in [0.25, 0.3) is 5.91 Å². The molecule has 1 atom stereocenters. The molecule has 2 N–H and O–H groups in total. The van der Waals surface area contributed by atoms with Gasteiger partial charge in [-0.25, -0.2) is 9.78 Å².